The van der Waals surface area contributed by atoms with Gasteiger partial charge in [-0.15, -0.1) is 0 Å². The number of rotatable bonds is 1. The molecule has 7 heteroatoms. The molecular formula is C10H7F6N. The number of alkyl halides is 6. The standard InChI is InChI=1S/C10H7F6N/c11-9(12,13)7-3-6(1-2-17)4-8(5-7)10(14,15)16/h1-5H,17H2/b2-1+. The van der Waals surface area contributed by atoms with E-state index in [1.54, 1.807) is 0 Å². The van der Waals surface area contributed by atoms with E-state index in [4.69, 9.17) is 5.73 Å². The highest BCUT2D eigenvalue weighted by molar-refractivity contribution is 5.52. The summed E-state index contributed by atoms with van der Waals surface area (Å²) in [7, 11) is 0. The van der Waals surface area contributed by atoms with Crippen LogP contribution in [0.3, 0.4) is 0 Å². The molecule has 0 amide bonds. The van der Waals surface area contributed by atoms with E-state index >= 15 is 0 Å². The first-order valence-electron chi connectivity index (χ1n) is 4.32. The van der Waals surface area contributed by atoms with Gasteiger partial charge in [-0.1, -0.05) is 0 Å². The van der Waals surface area contributed by atoms with Gasteiger partial charge in [0.2, 0.25) is 0 Å². The fraction of sp³-hybridized carbons (Fsp3) is 0.200. The van der Waals surface area contributed by atoms with Crippen LogP contribution >= 0.6 is 0 Å². The third kappa shape index (κ3) is 3.40. The van der Waals surface area contributed by atoms with E-state index in [-0.39, 0.29) is 11.6 Å². The summed E-state index contributed by atoms with van der Waals surface area (Å²) < 4.78 is 74.1. The van der Waals surface area contributed by atoms with E-state index in [1.165, 1.54) is 0 Å². The van der Waals surface area contributed by atoms with Gasteiger partial charge in [-0.2, -0.15) is 26.3 Å². The predicted molar refractivity (Wildman–Crippen MR) is 49.7 cm³/mol. The minimum atomic E-state index is -4.83. The predicted octanol–water partition coefficient (Wildman–Crippen LogP) is 3.65. The number of halogens is 6. The van der Waals surface area contributed by atoms with Gasteiger partial charge in [-0.05, 0) is 36.0 Å². The lowest BCUT2D eigenvalue weighted by molar-refractivity contribution is -0.143. The van der Waals surface area contributed by atoms with Gasteiger partial charge in [0.1, 0.15) is 0 Å². The van der Waals surface area contributed by atoms with E-state index in [0.29, 0.717) is 12.1 Å². The molecule has 0 aliphatic carbocycles. The molecule has 0 aliphatic rings. The Morgan fingerprint density at radius 2 is 1.24 bits per heavy atom. The van der Waals surface area contributed by atoms with Crippen molar-refractivity contribution in [1.29, 1.82) is 0 Å². The van der Waals surface area contributed by atoms with Gasteiger partial charge < -0.3 is 5.73 Å². The molecule has 1 aromatic carbocycles. The zero-order valence-corrected chi connectivity index (χ0v) is 8.23. The topological polar surface area (TPSA) is 26.0 Å². The molecule has 0 saturated heterocycles. The fourth-order valence-electron chi connectivity index (χ4n) is 1.19. The molecule has 0 saturated carbocycles. The fourth-order valence-corrected chi connectivity index (χ4v) is 1.19. The Bertz CT molecular complexity index is 397. The van der Waals surface area contributed by atoms with Gasteiger partial charge in [0.05, 0.1) is 11.1 Å². The van der Waals surface area contributed by atoms with Gasteiger partial charge in [0.15, 0.2) is 0 Å². The van der Waals surface area contributed by atoms with Gasteiger partial charge in [-0.3, -0.25) is 0 Å². The van der Waals surface area contributed by atoms with Crippen LogP contribution in [0, 0.1) is 0 Å². The van der Waals surface area contributed by atoms with Gasteiger partial charge in [0, 0.05) is 0 Å². The normalized spacial score (nSPS) is 13.3. The first kappa shape index (κ1) is 13.4. The number of nitrogens with two attached hydrogens (primary N) is 1. The van der Waals surface area contributed by atoms with E-state index in [1.807, 2.05) is 0 Å². The molecule has 0 aliphatic heterocycles. The van der Waals surface area contributed by atoms with Crippen molar-refractivity contribution >= 4 is 6.08 Å². The maximum Gasteiger partial charge on any atom is 0.416 e. The Labute approximate surface area is 92.5 Å². The average Bonchev–Trinajstić information content (AvgIpc) is 2.15. The summed E-state index contributed by atoms with van der Waals surface area (Å²) >= 11 is 0. The summed E-state index contributed by atoms with van der Waals surface area (Å²) in [5, 5.41) is 0. The van der Waals surface area contributed by atoms with Crippen LogP contribution in [0.5, 0.6) is 0 Å². The molecule has 0 bridgehead atoms. The molecule has 0 aromatic heterocycles. The zero-order chi connectivity index (χ0) is 13.3. The van der Waals surface area contributed by atoms with Crippen molar-refractivity contribution < 1.29 is 26.3 Å². The quantitative estimate of drug-likeness (QED) is 0.761. The van der Waals surface area contributed by atoms with Crippen molar-refractivity contribution in [3.05, 3.63) is 41.1 Å². The molecular weight excluding hydrogens is 248 g/mol. The Balaban J connectivity index is 3.39. The van der Waals surface area contributed by atoms with Crippen LogP contribution in [0.4, 0.5) is 26.3 Å². The second-order valence-corrected chi connectivity index (χ2v) is 3.20. The third-order valence-corrected chi connectivity index (χ3v) is 1.90. The first-order valence-corrected chi connectivity index (χ1v) is 4.32. The number of hydrogen-bond donors (Lipinski definition) is 1. The summed E-state index contributed by atoms with van der Waals surface area (Å²) in [6.45, 7) is 0. The van der Waals surface area contributed by atoms with E-state index in [9.17, 15) is 26.3 Å². The molecule has 0 atom stereocenters. The molecule has 2 N–H and O–H groups in total. The van der Waals surface area contributed by atoms with Crippen molar-refractivity contribution in [3.8, 4) is 0 Å². The third-order valence-electron chi connectivity index (χ3n) is 1.90. The Morgan fingerprint density at radius 1 is 0.824 bits per heavy atom. The monoisotopic (exact) mass is 255 g/mol. The van der Waals surface area contributed by atoms with Crippen molar-refractivity contribution in [2.24, 2.45) is 5.73 Å². The SMILES string of the molecule is N/C=C/c1cc(C(F)(F)F)cc(C(F)(F)F)c1. The molecule has 0 radical (unpaired) electrons. The maximum atomic E-state index is 12.4. The van der Waals surface area contributed by atoms with Crippen molar-refractivity contribution in [2.45, 2.75) is 12.4 Å². The number of benzene rings is 1. The number of hydrogen-bond acceptors (Lipinski definition) is 1. The van der Waals surface area contributed by atoms with Crippen LogP contribution in [0.15, 0.2) is 24.4 Å². The molecule has 0 heterocycles. The van der Waals surface area contributed by atoms with Crippen LogP contribution in [0.2, 0.25) is 0 Å². The van der Waals surface area contributed by atoms with Crippen molar-refractivity contribution in [3.63, 3.8) is 0 Å². The van der Waals surface area contributed by atoms with Crippen LogP contribution in [-0.2, 0) is 12.4 Å². The second-order valence-electron chi connectivity index (χ2n) is 3.20. The van der Waals surface area contributed by atoms with Crippen LogP contribution < -0.4 is 5.73 Å². The van der Waals surface area contributed by atoms with E-state index < -0.39 is 23.5 Å². The van der Waals surface area contributed by atoms with E-state index in [0.717, 1.165) is 12.3 Å². The summed E-state index contributed by atoms with van der Waals surface area (Å²) in [5.74, 6) is 0. The Morgan fingerprint density at radius 3 is 1.53 bits per heavy atom. The molecule has 94 valence electrons. The van der Waals surface area contributed by atoms with Crippen LogP contribution in [0.1, 0.15) is 16.7 Å². The minimum absolute atomic E-state index is 0.0634. The van der Waals surface area contributed by atoms with E-state index in [2.05, 4.69) is 0 Å². The molecule has 1 rings (SSSR count). The lowest BCUT2D eigenvalue weighted by Gasteiger charge is -2.12. The summed E-state index contributed by atoms with van der Waals surface area (Å²) in [4.78, 5) is 0. The summed E-state index contributed by atoms with van der Waals surface area (Å²) in [6, 6.07) is 1.26. The Hall–Kier alpha value is -1.66. The largest absolute Gasteiger partial charge is 0.416 e. The minimum Gasteiger partial charge on any atom is -0.405 e. The lowest BCUT2D eigenvalue weighted by Crippen LogP contribution is -2.11. The maximum absolute atomic E-state index is 12.4. The Kier molecular flexibility index (Phi) is 3.40. The lowest BCUT2D eigenvalue weighted by atomic mass is 10.0. The average molecular weight is 255 g/mol. The van der Waals surface area contributed by atoms with Crippen molar-refractivity contribution in [2.75, 3.05) is 0 Å². The molecule has 1 nitrogen and oxygen atoms in total. The van der Waals surface area contributed by atoms with Crippen LogP contribution in [0.25, 0.3) is 6.08 Å². The summed E-state index contributed by atoms with van der Waals surface area (Å²) in [6.07, 6.45) is -7.84. The second kappa shape index (κ2) is 4.31. The highest BCUT2D eigenvalue weighted by atomic mass is 19.4. The molecule has 17 heavy (non-hydrogen) atoms. The highest BCUT2D eigenvalue weighted by Gasteiger charge is 2.36. The molecule has 0 fully saturated rings. The van der Waals surface area contributed by atoms with Gasteiger partial charge in [0.25, 0.3) is 0 Å². The first-order chi connectivity index (χ1) is 7.64. The smallest absolute Gasteiger partial charge is 0.405 e. The van der Waals surface area contributed by atoms with Crippen LogP contribution in [-0.4, -0.2) is 0 Å². The summed E-state index contributed by atoms with van der Waals surface area (Å²) in [5.41, 5.74) is 1.96. The molecule has 0 unspecified atom stereocenters. The molecule has 1 aromatic rings. The van der Waals surface area contributed by atoms with Gasteiger partial charge in [-0.25, -0.2) is 0 Å². The highest BCUT2D eigenvalue weighted by Crippen LogP contribution is 2.36. The van der Waals surface area contributed by atoms with Gasteiger partial charge >= 0.3 is 12.4 Å². The zero-order valence-electron chi connectivity index (χ0n) is 8.23. The molecule has 0 spiro atoms. The van der Waals surface area contributed by atoms with Crippen molar-refractivity contribution in [1.82, 2.24) is 0 Å².